The van der Waals surface area contributed by atoms with Crippen LogP contribution in [0.3, 0.4) is 0 Å². The molecule has 1 fully saturated rings. The van der Waals surface area contributed by atoms with Crippen molar-refractivity contribution in [1.82, 2.24) is 15.2 Å². The molecule has 3 heterocycles. The highest BCUT2D eigenvalue weighted by atomic mass is 16.2. The van der Waals surface area contributed by atoms with Crippen molar-refractivity contribution in [3.05, 3.63) is 58.8 Å². The maximum absolute atomic E-state index is 12.8. The summed E-state index contributed by atoms with van der Waals surface area (Å²) in [6.07, 6.45) is 2.36. The lowest BCUT2D eigenvalue weighted by atomic mass is 10.0. The zero-order valence-electron chi connectivity index (χ0n) is 16.2. The highest BCUT2D eigenvalue weighted by Crippen LogP contribution is 2.28. The van der Waals surface area contributed by atoms with Crippen LogP contribution in [-0.4, -0.2) is 40.7 Å². The number of nitrogens with one attached hydrogen (secondary N) is 1. The van der Waals surface area contributed by atoms with Crippen LogP contribution in [0.25, 0.3) is 0 Å². The van der Waals surface area contributed by atoms with E-state index in [1.165, 1.54) is 0 Å². The number of aromatic nitrogens is 1. The highest BCUT2D eigenvalue weighted by molar-refractivity contribution is 6.05. The molecular weight excluding hydrogens is 370 g/mol. The van der Waals surface area contributed by atoms with E-state index >= 15 is 0 Å². The number of fused-ring (bicyclic) bond motifs is 1. The van der Waals surface area contributed by atoms with Crippen LogP contribution in [0, 0.1) is 0 Å². The van der Waals surface area contributed by atoms with E-state index in [-0.39, 0.29) is 18.2 Å². The lowest BCUT2D eigenvalue weighted by Crippen LogP contribution is -2.52. The van der Waals surface area contributed by atoms with Crippen LogP contribution in [0.1, 0.15) is 39.9 Å². The maximum atomic E-state index is 12.8. The lowest BCUT2D eigenvalue weighted by molar-refractivity contribution is -0.136. The molecule has 4 rings (SSSR count). The van der Waals surface area contributed by atoms with Gasteiger partial charge in [-0.3, -0.25) is 19.7 Å². The molecule has 0 aliphatic carbocycles. The van der Waals surface area contributed by atoms with Gasteiger partial charge in [-0.1, -0.05) is 12.1 Å². The second-order valence-electron chi connectivity index (χ2n) is 7.47. The average Bonchev–Trinajstić information content (AvgIpc) is 3.03. The van der Waals surface area contributed by atoms with Gasteiger partial charge < -0.3 is 15.5 Å². The summed E-state index contributed by atoms with van der Waals surface area (Å²) >= 11 is 0. The smallest absolute Gasteiger partial charge is 0.255 e. The average molecular weight is 393 g/mol. The Labute approximate surface area is 168 Å². The number of anilines is 1. The van der Waals surface area contributed by atoms with Crippen molar-refractivity contribution in [2.24, 2.45) is 5.73 Å². The van der Waals surface area contributed by atoms with Gasteiger partial charge in [-0.25, -0.2) is 4.98 Å². The van der Waals surface area contributed by atoms with E-state index < -0.39 is 11.9 Å². The fourth-order valence-corrected chi connectivity index (χ4v) is 3.88. The van der Waals surface area contributed by atoms with Crippen LogP contribution in [0.5, 0.6) is 0 Å². The molecule has 0 radical (unpaired) electrons. The molecule has 8 nitrogen and oxygen atoms in total. The second kappa shape index (κ2) is 7.63. The summed E-state index contributed by atoms with van der Waals surface area (Å²) in [5, 5.41) is 2.32. The molecule has 2 aliphatic heterocycles. The van der Waals surface area contributed by atoms with Crippen LogP contribution in [0.15, 0.2) is 36.5 Å². The molecule has 2 aliphatic rings. The van der Waals surface area contributed by atoms with Crippen molar-refractivity contribution in [3.63, 3.8) is 0 Å². The summed E-state index contributed by atoms with van der Waals surface area (Å²) in [5.41, 5.74) is 9.28. The third-order valence-corrected chi connectivity index (χ3v) is 5.44. The molecule has 150 valence electrons. The van der Waals surface area contributed by atoms with Crippen molar-refractivity contribution in [1.29, 1.82) is 0 Å². The van der Waals surface area contributed by atoms with Gasteiger partial charge in [-0.15, -0.1) is 0 Å². The monoisotopic (exact) mass is 393 g/mol. The normalized spacial score (nSPS) is 18.6. The standard InChI is InChI=1S/C21H23N5O3/c1-25(18-9-13(10-22)6-7-23-18)11-14-2-3-16-15(8-14)12-26(21(16)29)17-4-5-19(27)24-20(17)28/h2-3,6-9,17H,4-5,10-12,22H2,1H3,(H,24,27,28). The van der Waals surface area contributed by atoms with Gasteiger partial charge in [0.15, 0.2) is 0 Å². The first-order valence-corrected chi connectivity index (χ1v) is 9.59. The Morgan fingerprint density at radius 2 is 2.03 bits per heavy atom. The largest absolute Gasteiger partial charge is 0.355 e. The van der Waals surface area contributed by atoms with E-state index in [4.69, 9.17) is 5.73 Å². The van der Waals surface area contributed by atoms with E-state index in [0.717, 1.165) is 22.5 Å². The molecule has 0 saturated carbocycles. The first-order chi connectivity index (χ1) is 14.0. The molecule has 1 unspecified atom stereocenters. The van der Waals surface area contributed by atoms with E-state index in [9.17, 15) is 14.4 Å². The number of carbonyl (C=O) groups excluding carboxylic acids is 3. The predicted octanol–water partition coefficient (Wildman–Crippen LogP) is 0.938. The number of nitrogens with two attached hydrogens (primary N) is 1. The summed E-state index contributed by atoms with van der Waals surface area (Å²) in [5.74, 6) is -0.0114. The summed E-state index contributed by atoms with van der Waals surface area (Å²) in [4.78, 5) is 44.3. The molecule has 1 aromatic heterocycles. The van der Waals surface area contributed by atoms with Crippen LogP contribution < -0.4 is 16.0 Å². The zero-order valence-corrected chi connectivity index (χ0v) is 16.2. The third-order valence-electron chi connectivity index (χ3n) is 5.44. The first kappa shape index (κ1) is 19.1. The van der Waals surface area contributed by atoms with Crippen LogP contribution in [0.4, 0.5) is 5.82 Å². The number of imide groups is 1. The van der Waals surface area contributed by atoms with Crippen LogP contribution in [0.2, 0.25) is 0 Å². The fraction of sp³-hybridized carbons (Fsp3) is 0.333. The van der Waals surface area contributed by atoms with Crippen LogP contribution >= 0.6 is 0 Å². The summed E-state index contributed by atoms with van der Waals surface area (Å²) in [6.45, 7) is 1.46. The summed E-state index contributed by atoms with van der Waals surface area (Å²) in [6, 6.07) is 9.00. The maximum Gasteiger partial charge on any atom is 0.255 e. The Bertz CT molecular complexity index is 990. The Kier molecular flexibility index (Phi) is 5.02. The van der Waals surface area contributed by atoms with Gasteiger partial charge in [-0.05, 0) is 41.3 Å². The number of carbonyl (C=O) groups is 3. The lowest BCUT2D eigenvalue weighted by Gasteiger charge is -2.29. The van der Waals surface area contributed by atoms with E-state index in [2.05, 4.69) is 10.3 Å². The number of rotatable bonds is 5. The van der Waals surface area contributed by atoms with Gasteiger partial charge in [0.25, 0.3) is 5.91 Å². The Morgan fingerprint density at radius 3 is 2.79 bits per heavy atom. The molecule has 2 aromatic rings. The summed E-state index contributed by atoms with van der Waals surface area (Å²) < 4.78 is 0. The molecule has 3 N–H and O–H groups in total. The second-order valence-corrected chi connectivity index (χ2v) is 7.47. The summed E-state index contributed by atoms with van der Waals surface area (Å²) in [7, 11) is 1.96. The zero-order chi connectivity index (χ0) is 20.5. The van der Waals surface area contributed by atoms with Gasteiger partial charge in [-0.2, -0.15) is 0 Å². The molecule has 1 atom stereocenters. The van der Waals surface area contributed by atoms with Gasteiger partial charge >= 0.3 is 0 Å². The minimum absolute atomic E-state index is 0.160. The molecule has 1 aromatic carbocycles. The Hall–Kier alpha value is -3.26. The fourth-order valence-electron chi connectivity index (χ4n) is 3.88. The number of pyridine rings is 1. The molecule has 0 spiro atoms. The van der Waals surface area contributed by atoms with E-state index in [0.29, 0.717) is 31.6 Å². The van der Waals surface area contributed by atoms with Crippen molar-refractivity contribution < 1.29 is 14.4 Å². The number of hydrogen-bond acceptors (Lipinski definition) is 6. The van der Waals surface area contributed by atoms with Gasteiger partial charge in [0.2, 0.25) is 11.8 Å². The number of piperidine rings is 1. The van der Waals surface area contributed by atoms with E-state index in [1.807, 2.05) is 42.3 Å². The van der Waals surface area contributed by atoms with Gasteiger partial charge in [0, 0.05) is 44.9 Å². The number of amides is 3. The quantitative estimate of drug-likeness (QED) is 0.732. The predicted molar refractivity (Wildman–Crippen MR) is 107 cm³/mol. The molecule has 8 heteroatoms. The molecular formula is C21H23N5O3. The Balaban J connectivity index is 1.50. The van der Waals surface area contributed by atoms with Crippen LogP contribution in [-0.2, 0) is 29.2 Å². The topological polar surface area (TPSA) is 109 Å². The molecule has 0 bridgehead atoms. The number of nitrogens with zero attached hydrogens (tertiary/aromatic N) is 3. The van der Waals surface area contributed by atoms with Crippen molar-refractivity contribution in [2.75, 3.05) is 11.9 Å². The minimum Gasteiger partial charge on any atom is -0.355 e. The van der Waals surface area contributed by atoms with E-state index in [1.54, 1.807) is 11.1 Å². The minimum atomic E-state index is -0.595. The molecule has 3 amide bonds. The van der Waals surface area contributed by atoms with Crippen molar-refractivity contribution in [2.45, 2.75) is 38.5 Å². The molecule has 29 heavy (non-hydrogen) atoms. The van der Waals surface area contributed by atoms with Crippen molar-refractivity contribution >= 4 is 23.5 Å². The van der Waals surface area contributed by atoms with Gasteiger partial charge in [0.05, 0.1) is 0 Å². The van der Waals surface area contributed by atoms with Gasteiger partial charge in [0.1, 0.15) is 11.9 Å². The highest BCUT2D eigenvalue weighted by Gasteiger charge is 2.39. The first-order valence-electron chi connectivity index (χ1n) is 9.59. The molecule has 1 saturated heterocycles. The third kappa shape index (κ3) is 3.71. The van der Waals surface area contributed by atoms with Crippen molar-refractivity contribution in [3.8, 4) is 0 Å². The Morgan fingerprint density at radius 1 is 1.21 bits per heavy atom. The SMILES string of the molecule is CN(Cc1ccc2c(c1)CN(C1CCC(=O)NC1=O)C2=O)c1cc(CN)ccn1. The number of benzene rings is 1. The number of hydrogen-bond donors (Lipinski definition) is 2.